The van der Waals surface area contributed by atoms with Gasteiger partial charge in [-0.15, -0.1) is 0 Å². The first kappa shape index (κ1) is 12.1. The summed E-state index contributed by atoms with van der Waals surface area (Å²) in [7, 11) is 1.56. The van der Waals surface area contributed by atoms with Gasteiger partial charge in [-0.1, -0.05) is 25.1 Å². The van der Waals surface area contributed by atoms with Crippen LogP contribution >= 0.6 is 0 Å². The highest BCUT2D eigenvalue weighted by molar-refractivity contribution is 5.95. The van der Waals surface area contributed by atoms with Crippen LogP contribution < -0.4 is 4.90 Å². The fraction of sp³-hybridized carbons (Fsp3) is 0.500. The van der Waals surface area contributed by atoms with Crippen LogP contribution in [-0.2, 0) is 9.53 Å². The maximum absolute atomic E-state index is 12.0. The van der Waals surface area contributed by atoms with Crippen LogP contribution in [0.25, 0.3) is 0 Å². The monoisotopic (exact) mass is 233 g/mol. The summed E-state index contributed by atoms with van der Waals surface area (Å²) in [4.78, 5) is 13.9. The van der Waals surface area contributed by atoms with Crippen LogP contribution in [0.5, 0.6) is 0 Å². The van der Waals surface area contributed by atoms with E-state index in [1.807, 2.05) is 23.1 Å². The van der Waals surface area contributed by atoms with Crippen molar-refractivity contribution in [2.24, 2.45) is 0 Å². The summed E-state index contributed by atoms with van der Waals surface area (Å²) in [5, 5.41) is 0. The Labute approximate surface area is 102 Å². The van der Waals surface area contributed by atoms with Crippen LogP contribution in [0.1, 0.15) is 31.2 Å². The maximum Gasteiger partial charge on any atom is 0.252 e. The molecule has 0 aliphatic carbocycles. The van der Waals surface area contributed by atoms with Crippen LogP contribution in [0.2, 0.25) is 0 Å². The molecule has 0 saturated carbocycles. The predicted octanol–water partition coefficient (Wildman–Crippen LogP) is 2.56. The molecule has 1 aliphatic rings. The summed E-state index contributed by atoms with van der Waals surface area (Å²) in [6, 6.07) is 8.19. The fourth-order valence-electron chi connectivity index (χ4n) is 2.44. The molecule has 17 heavy (non-hydrogen) atoms. The lowest BCUT2D eigenvalue weighted by Crippen LogP contribution is -2.34. The summed E-state index contributed by atoms with van der Waals surface area (Å²) in [5.41, 5.74) is 2.33. The van der Waals surface area contributed by atoms with E-state index < -0.39 is 0 Å². The molecule has 3 heteroatoms. The highest BCUT2D eigenvalue weighted by Crippen LogP contribution is 2.33. The molecular formula is C14H19NO2. The van der Waals surface area contributed by atoms with Gasteiger partial charge in [0.05, 0.1) is 0 Å². The van der Waals surface area contributed by atoms with Crippen molar-refractivity contribution in [1.82, 2.24) is 0 Å². The Bertz CT molecular complexity index is 403. The van der Waals surface area contributed by atoms with Crippen LogP contribution in [0.3, 0.4) is 0 Å². The molecule has 1 aromatic rings. The molecule has 1 aromatic carbocycles. The molecule has 1 aliphatic heterocycles. The first-order valence-electron chi connectivity index (χ1n) is 6.12. The van der Waals surface area contributed by atoms with E-state index in [1.54, 1.807) is 7.11 Å². The molecule has 0 N–H and O–H groups in total. The number of hydrogen-bond donors (Lipinski definition) is 0. The van der Waals surface area contributed by atoms with Crippen molar-refractivity contribution < 1.29 is 9.53 Å². The van der Waals surface area contributed by atoms with Gasteiger partial charge in [-0.3, -0.25) is 4.79 Å². The van der Waals surface area contributed by atoms with Gasteiger partial charge in [0, 0.05) is 19.3 Å². The molecule has 0 unspecified atom stereocenters. The molecule has 2 rings (SSSR count). The number of amides is 1. The number of hydrogen-bond acceptors (Lipinski definition) is 2. The number of fused-ring (bicyclic) bond motifs is 1. The number of methoxy groups -OCH3 is 1. The number of rotatable bonds is 2. The molecule has 92 valence electrons. The quantitative estimate of drug-likeness (QED) is 0.785. The molecule has 1 amide bonds. The molecule has 0 bridgehead atoms. The van der Waals surface area contributed by atoms with E-state index in [0.29, 0.717) is 5.92 Å². The van der Waals surface area contributed by atoms with Crippen molar-refractivity contribution in [1.29, 1.82) is 0 Å². The van der Waals surface area contributed by atoms with E-state index in [-0.39, 0.29) is 12.5 Å². The van der Waals surface area contributed by atoms with Crippen molar-refractivity contribution in [2.45, 2.75) is 25.7 Å². The van der Waals surface area contributed by atoms with E-state index in [9.17, 15) is 4.79 Å². The largest absolute Gasteiger partial charge is 0.375 e. The average Bonchev–Trinajstić information content (AvgIpc) is 2.50. The van der Waals surface area contributed by atoms with Gasteiger partial charge in [0.1, 0.15) is 6.61 Å². The van der Waals surface area contributed by atoms with Crippen molar-refractivity contribution in [3.63, 3.8) is 0 Å². The highest BCUT2D eigenvalue weighted by Gasteiger charge is 2.23. The molecule has 0 spiro atoms. The number of para-hydroxylation sites is 1. The second kappa shape index (κ2) is 5.32. The Morgan fingerprint density at radius 2 is 2.24 bits per heavy atom. The third-order valence-corrected chi connectivity index (χ3v) is 3.35. The standard InChI is InChI=1S/C14H19NO2/c1-11-6-5-9-15(14(16)10-17-2)13-8-4-3-7-12(11)13/h3-4,7-8,11H,5-6,9-10H2,1-2H3/t11-/m0/s1. The lowest BCUT2D eigenvalue weighted by atomic mass is 9.96. The number of anilines is 1. The van der Waals surface area contributed by atoms with Gasteiger partial charge in [-0.25, -0.2) is 0 Å². The number of nitrogens with zero attached hydrogens (tertiary/aromatic N) is 1. The second-order valence-corrected chi connectivity index (χ2v) is 4.58. The molecule has 1 atom stereocenters. The van der Waals surface area contributed by atoms with Crippen molar-refractivity contribution >= 4 is 11.6 Å². The zero-order valence-electron chi connectivity index (χ0n) is 10.5. The molecule has 0 fully saturated rings. The molecule has 0 radical (unpaired) electrons. The first-order chi connectivity index (χ1) is 8.24. The van der Waals surface area contributed by atoms with Crippen LogP contribution in [0, 0.1) is 0 Å². The van der Waals surface area contributed by atoms with E-state index in [1.165, 1.54) is 5.56 Å². The Morgan fingerprint density at radius 3 is 3.00 bits per heavy atom. The summed E-state index contributed by atoms with van der Waals surface area (Å²) in [6.07, 6.45) is 2.18. The number of ether oxygens (including phenoxy) is 1. The summed E-state index contributed by atoms with van der Waals surface area (Å²) < 4.78 is 4.95. The second-order valence-electron chi connectivity index (χ2n) is 4.58. The Morgan fingerprint density at radius 1 is 1.47 bits per heavy atom. The fourth-order valence-corrected chi connectivity index (χ4v) is 2.44. The normalized spacial score (nSPS) is 19.6. The summed E-state index contributed by atoms with van der Waals surface area (Å²) >= 11 is 0. The molecule has 0 aromatic heterocycles. The lowest BCUT2D eigenvalue weighted by Gasteiger charge is -2.23. The van der Waals surface area contributed by atoms with Crippen LogP contribution in [0.15, 0.2) is 24.3 Å². The minimum atomic E-state index is 0.0500. The lowest BCUT2D eigenvalue weighted by molar-refractivity contribution is -0.122. The van der Waals surface area contributed by atoms with Crippen molar-refractivity contribution in [3.8, 4) is 0 Å². The number of benzene rings is 1. The minimum absolute atomic E-state index is 0.0500. The van der Waals surface area contributed by atoms with Gasteiger partial charge in [-0.05, 0) is 30.4 Å². The SMILES string of the molecule is COCC(=O)N1CCC[C@H](C)c2ccccc21. The average molecular weight is 233 g/mol. The van der Waals surface area contributed by atoms with Gasteiger partial charge in [-0.2, -0.15) is 0 Å². The van der Waals surface area contributed by atoms with E-state index in [4.69, 9.17) is 4.74 Å². The number of carbonyl (C=O) groups excluding carboxylic acids is 1. The predicted molar refractivity (Wildman–Crippen MR) is 68.3 cm³/mol. The van der Waals surface area contributed by atoms with Gasteiger partial charge < -0.3 is 9.64 Å². The summed E-state index contributed by atoms with van der Waals surface area (Å²) in [6.45, 7) is 3.18. The van der Waals surface area contributed by atoms with E-state index in [2.05, 4.69) is 13.0 Å². The zero-order chi connectivity index (χ0) is 12.3. The van der Waals surface area contributed by atoms with E-state index >= 15 is 0 Å². The Hall–Kier alpha value is -1.35. The third kappa shape index (κ3) is 2.50. The van der Waals surface area contributed by atoms with Crippen molar-refractivity contribution in [3.05, 3.63) is 29.8 Å². The minimum Gasteiger partial charge on any atom is -0.375 e. The van der Waals surface area contributed by atoms with Gasteiger partial charge >= 0.3 is 0 Å². The Balaban J connectivity index is 2.35. The molecule has 1 heterocycles. The van der Waals surface area contributed by atoms with Crippen molar-refractivity contribution in [2.75, 3.05) is 25.2 Å². The third-order valence-electron chi connectivity index (χ3n) is 3.35. The summed E-state index contributed by atoms with van der Waals surface area (Å²) in [5.74, 6) is 0.570. The topological polar surface area (TPSA) is 29.5 Å². The molecular weight excluding hydrogens is 214 g/mol. The molecule has 0 saturated heterocycles. The highest BCUT2D eigenvalue weighted by atomic mass is 16.5. The van der Waals surface area contributed by atoms with Crippen LogP contribution in [0.4, 0.5) is 5.69 Å². The van der Waals surface area contributed by atoms with Gasteiger partial charge in [0.15, 0.2) is 0 Å². The van der Waals surface area contributed by atoms with E-state index in [0.717, 1.165) is 25.1 Å². The van der Waals surface area contributed by atoms with Gasteiger partial charge in [0.2, 0.25) is 0 Å². The smallest absolute Gasteiger partial charge is 0.252 e. The molecule has 3 nitrogen and oxygen atoms in total. The van der Waals surface area contributed by atoms with Crippen LogP contribution in [-0.4, -0.2) is 26.2 Å². The Kier molecular flexibility index (Phi) is 3.79. The zero-order valence-corrected chi connectivity index (χ0v) is 10.5. The maximum atomic E-state index is 12.0. The first-order valence-corrected chi connectivity index (χ1v) is 6.12. The number of carbonyl (C=O) groups is 1. The van der Waals surface area contributed by atoms with Gasteiger partial charge in [0.25, 0.3) is 5.91 Å².